The predicted molar refractivity (Wildman–Crippen MR) is 139 cm³/mol. The van der Waals surface area contributed by atoms with Crippen molar-refractivity contribution >= 4 is 17.9 Å². The Labute approximate surface area is 226 Å². The Morgan fingerprint density at radius 2 is 1.79 bits per heavy atom. The molecule has 0 aromatic carbocycles. The molecule has 0 bridgehead atoms. The number of epoxide rings is 1. The Balaban J connectivity index is 1.05. The van der Waals surface area contributed by atoms with E-state index < -0.39 is 5.97 Å². The van der Waals surface area contributed by atoms with Crippen LogP contribution in [0.4, 0.5) is 0 Å². The third kappa shape index (κ3) is 4.13. The molecule has 0 amide bonds. The summed E-state index contributed by atoms with van der Waals surface area (Å²) in [6.07, 6.45) is 14.7. The molecule has 0 unspecified atom stereocenters. The number of hydrogen-bond acceptors (Lipinski definition) is 6. The second-order valence-electron chi connectivity index (χ2n) is 13.7. The van der Waals surface area contributed by atoms with Crippen molar-refractivity contribution in [1.82, 2.24) is 0 Å². The highest BCUT2D eigenvalue weighted by atomic mass is 16.6. The average Bonchev–Trinajstić information content (AvgIpc) is 3.33. The van der Waals surface area contributed by atoms with E-state index in [1.807, 2.05) is 0 Å². The van der Waals surface area contributed by atoms with Gasteiger partial charge in [0.25, 0.3) is 0 Å². The van der Waals surface area contributed by atoms with Crippen LogP contribution in [0.5, 0.6) is 0 Å². The van der Waals surface area contributed by atoms with Gasteiger partial charge in [-0.25, -0.2) is 4.79 Å². The molecule has 0 radical (unpaired) electrons. The molecule has 1 N–H and O–H groups in total. The van der Waals surface area contributed by atoms with Gasteiger partial charge in [-0.2, -0.15) is 0 Å². The Morgan fingerprint density at radius 3 is 2.53 bits per heavy atom. The number of carboxylic acid groups (broad SMARTS) is 1. The van der Waals surface area contributed by atoms with Crippen LogP contribution in [0.3, 0.4) is 0 Å². The molecule has 5 fully saturated rings. The summed E-state index contributed by atoms with van der Waals surface area (Å²) in [5.41, 5.74) is 1.51. The molecule has 1 saturated heterocycles. The highest BCUT2D eigenvalue weighted by Gasteiger charge is 2.80. The van der Waals surface area contributed by atoms with Crippen LogP contribution in [0.2, 0.25) is 0 Å². The fourth-order valence-corrected chi connectivity index (χ4v) is 10.1. The smallest absolute Gasteiger partial charge is 0.331 e. The summed E-state index contributed by atoms with van der Waals surface area (Å²) in [4.78, 5) is 35.0. The normalized spacial score (nSPS) is 44.7. The van der Waals surface area contributed by atoms with E-state index in [1.165, 1.54) is 24.8 Å². The van der Waals surface area contributed by atoms with Gasteiger partial charge in [0.1, 0.15) is 18.3 Å². The standard InChI is InChI=1S/C31H44O7/c1-29-13-11-21(37-27(34)8-6-4-3-5-7-26(32)33)16-20(29)9-10-23-22(29)12-14-30(2)24(17-25-31(23,30)38-25)19-15-28(35)36-18-19/h15,20-25H,3-14,16-18H2,1-2H3,(H,32,33)/t20-,21+,22+,23-,24-,25-,29+,30-,31-/m1/s1. The third-order valence-corrected chi connectivity index (χ3v) is 12.0. The number of rotatable bonds is 9. The van der Waals surface area contributed by atoms with E-state index in [2.05, 4.69) is 13.8 Å². The van der Waals surface area contributed by atoms with Crippen LogP contribution in [0.25, 0.3) is 0 Å². The zero-order valence-corrected chi connectivity index (χ0v) is 23.0. The molecular formula is C31H44O7. The van der Waals surface area contributed by atoms with Crippen LogP contribution in [0.1, 0.15) is 104 Å². The first-order valence-electron chi connectivity index (χ1n) is 15.1. The number of esters is 2. The summed E-state index contributed by atoms with van der Waals surface area (Å²) in [7, 11) is 0. The van der Waals surface area contributed by atoms with Gasteiger partial charge in [0.2, 0.25) is 0 Å². The van der Waals surface area contributed by atoms with Gasteiger partial charge in [-0.15, -0.1) is 0 Å². The molecule has 6 aliphatic rings. The third-order valence-electron chi connectivity index (χ3n) is 12.0. The molecule has 4 saturated carbocycles. The lowest BCUT2D eigenvalue weighted by Crippen LogP contribution is -2.58. The second-order valence-corrected chi connectivity index (χ2v) is 13.7. The summed E-state index contributed by atoms with van der Waals surface area (Å²) >= 11 is 0. The van der Waals surface area contributed by atoms with E-state index in [4.69, 9.17) is 19.3 Å². The number of carbonyl (C=O) groups is 3. The summed E-state index contributed by atoms with van der Waals surface area (Å²) in [6, 6.07) is 0. The van der Waals surface area contributed by atoms with Crippen molar-refractivity contribution < 1.29 is 33.7 Å². The number of carboxylic acids is 1. The number of aliphatic carboxylic acids is 1. The quantitative estimate of drug-likeness (QED) is 0.236. The van der Waals surface area contributed by atoms with Gasteiger partial charge < -0.3 is 19.3 Å². The van der Waals surface area contributed by atoms with E-state index >= 15 is 0 Å². The summed E-state index contributed by atoms with van der Waals surface area (Å²) in [6.45, 7) is 5.40. The molecule has 0 aromatic rings. The molecule has 6 rings (SSSR count). The molecule has 7 nitrogen and oxygen atoms in total. The number of hydrogen-bond donors (Lipinski definition) is 1. The fourth-order valence-electron chi connectivity index (χ4n) is 10.1. The second kappa shape index (κ2) is 9.64. The van der Waals surface area contributed by atoms with Crippen molar-refractivity contribution in [2.45, 2.75) is 122 Å². The topological polar surface area (TPSA) is 102 Å². The van der Waals surface area contributed by atoms with Gasteiger partial charge >= 0.3 is 17.9 Å². The average molecular weight is 529 g/mol. The highest BCUT2D eigenvalue weighted by molar-refractivity contribution is 5.85. The monoisotopic (exact) mass is 528 g/mol. The van der Waals surface area contributed by atoms with Crippen molar-refractivity contribution in [2.24, 2.45) is 34.5 Å². The number of fused-ring (bicyclic) bond motifs is 3. The van der Waals surface area contributed by atoms with Crippen LogP contribution in [-0.4, -0.2) is 47.4 Å². The molecule has 38 heavy (non-hydrogen) atoms. The highest BCUT2D eigenvalue weighted by Crippen LogP contribution is 2.77. The minimum atomic E-state index is -0.754. The molecule has 2 aliphatic heterocycles. The van der Waals surface area contributed by atoms with Gasteiger partial charge in [-0.3, -0.25) is 9.59 Å². The van der Waals surface area contributed by atoms with Crippen LogP contribution in [0, 0.1) is 34.5 Å². The van der Waals surface area contributed by atoms with Crippen LogP contribution in [-0.2, 0) is 28.6 Å². The van der Waals surface area contributed by atoms with Crippen molar-refractivity contribution in [3.63, 3.8) is 0 Å². The van der Waals surface area contributed by atoms with E-state index in [0.717, 1.165) is 51.4 Å². The maximum absolute atomic E-state index is 12.5. The van der Waals surface area contributed by atoms with E-state index in [-0.39, 0.29) is 40.9 Å². The molecule has 210 valence electrons. The van der Waals surface area contributed by atoms with E-state index in [9.17, 15) is 14.4 Å². The van der Waals surface area contributed by atoms with E-state index in [0.29, 0.717) is 49.2 Å². The van der Waals surface area contributed by atoms with Crippen molar-refractivity contribution in [1.29, 1.82) is 0 Å². The first-order chi connectivity index (χ1) is 18.2. The molecule has 1 spiro atoms. The van der Waals surface area contributed by atoms with Crippen LogP contribution >= 0.6 is 0 Å². The Hall–Kier alpha value is -1.89. The molecular weight excluding hydrogens is 484 g/mol. The summed E-state index contributed by atoms with van der Waals surface area (Å²) in [5.74, 6) is 1.18. The lowest BCUT2D eigenvalue weighted by atomic mass is 9.44. The van der Waals surface area contributed by atoms with Gasteiger partial charge in [-0.05, 0) is 98.9 Å². The Kier molecular flexibility index (Phi) is 6.68. The van der Waals surface area contributed by atoms with Crippen molar-refractivity contribution in [2.75, 3.05) is 6.61 Å². The number of unbranched alkanes of at least 4 members (excludes halogenated alkanes) is 3. The number of ether oxygens (including phenoxy) is 3. The zero-order valence-electron chi connectivity index (χ0n) is 23.0. The Bertz CT molecular complexity index is 1020. The Morgan fingerprint density at radius 1 is 1.00 bits per heavy atom. The minimum absolute atomic E-state index is 0.0313. The van der Waals surface area contributed by atoms with Gasteiger partial charge in [-0.1, -0.05) is 26.7 Å². The van der Waals surface area contributed by atoms with E-state index in [1.54, 1.807) is 6.08 Å². The summed E-state index contributed by atoms with van der Waals surface area (Å²) in [5, 5.41) is 8.73. The number of cyclic esters (lactones) is 1. The minimum Gasteiger partial charge on any atom is -0.481 e. The predicted octanol–water partition coefficient (Wildman–Crippen LogP) is 5.60. The van der Waals surface area contributed by atoms with Crippen LogP contribution in [0.15, 0.2) is 11.6 Å². The van der Waals surface area contributed by atoms with Gasteiger partial charge in [0, 0.05) is 24.3 Å². The first kappa shape index (κ1) is 26.3. The van der Waals surface area contributed by atoms with Gasteiger partial charge in [0.15, 0.2) is 0 Å². The molecule has 0 aromatic heterocycles. The number of carbonyl (C=O) groups excluding carboxylic acids is 2. The first-order valence-corrected chi connectivity index (χ1v) is 15.1. The molecule has 4 aliphatic carbocycles. The lowest BCUT2D eigenvalue weighted by molar-refractivity contribution is -0.165. The zero-order chi connectivity index (χ0) is 26.7. The maximum atomic E-state index is 12.5. The van der Waals surface area contributed by atoms with Gasteiger partial charge in [0.05, 0.1) is 6.10 Å². The lowest BCUT2D eigenvalue weighted by Gasteiger charge is -2.61. The summed E-state index contributed by atoms with van der Waals surface area (Å²) < 4.78 is 17.9. The van der Waals surface area contributed by atoms with Crippen LogP contribution < -0.4 is 0 Å². The molecule has 2 heterocycles. The molecule has 9 atom stereocenters. The SMILES string of the molecule is C[C@]12CC[C@H](OC(=O)CCCCCCC(=O)O)C[C@H]1CC[C@@H]1[C@@H]2CC[C@]2(C)[C@@H](C3=CC(=O)OC3)C[C@H]3O[C@]132. The molecule has 7 heteroatoms. The van der Waals surface area contributed by atoms with Crippen molar-refractivity contribution in [3.8, 4) is 0 Å². The van der Waals surface area contributed by atoms with Crippen molar-refractivity contribution in [3.05, 3.63) is 11.6 Å². The fraction of sp³-hybridized carbons (Fsp3) is 0.839. The largest absolute Gasteiger partial charge is 0.481 e. The maximum Gasteiger partial charge on any atom is 0.331 e.